The summed E-state index contributed by atoms with van der Waals surface area (Å²) < 4.78 is 1.36. The number of likely N-dealkylation sites (N-methyl/N-ethyl adjacent to an activating group) is 1. The van der Waals surface area contributed by atoms with Crippen LogP contribution in [0.3, 0.4) is 0 Å². The zero-order chi connectivity index (χ0) is 16.3. The van der Waals surface area contributed by atoms with Gasteiger partial charge in [0, 0.05) is 24.5 Å². The number of piperidine rings is 3. The lowest BCUT2D eigenvalue weighted by Gasteiger charge is -2.54. The number of aromatic nitrogens is 1. The molecule has 3 saturated heterocycles. The number of nitrogens with zero attached hydrogens (tertiary/aromatic N) is 2. The van der Waals surface area contributed by atoms with E-state index in [9.17, 15) is 0 Å². The fraction of sp³-hybridized carbons (Fsp3) is 0.650. The van der Waals surface area contributed by atoms with Crippen molar-refractivity contribution in [3.05, 3.63) is 28.8 Å². The molecule has 0 unspecified atom stereocenters. The number of thiazole rings is 1. The van der Waals surface area contributed by atoms with Crippen LogP contribution in [0.1, 0.15) is 49.2 Å². The van der Waals surface area contributed by atoms with Crippen LogP contribution in [0.25, 0.3) is 10.2 Å². The van der Waals surface area contributed by atoms with Crippen LogP contribution in [-0.4, -0.2) is 36.6 Å². The minimum absolute atomic E-state index is 0.361. The molecule has 0 spiro atoms. The summed E-state index contributed by atoms with van der Waals surface area (Å²) in [6.07, 6.45) is 5.28. The fourth-order valence-electron chi connectivity index (χ4n) is 5.24. The van der Waals surface area contributed by atoms with Gasteiger partial charge in [-0.05, 0) is 68.8 Å². The average molecular weight is 342 g/mol. The van der Waals surface area contributed by atoms with Gasteiger partial charge in [-0.25, -0.2) is 4.98 Å². The summed E-state index contributed by atoms with van der Waals surface area (Å²) >= 11 is 1.94. The molecule has 1 aromatic heterocycles. The van der Waals surface area contributed by atoms with E-state index in [1.807, 2.05) is 11.3 Å². The summed E-state index contributed by atoms with van der Waals surface area (Å²) in [6.45, 7) is 5.95. The molecule has 1 N–H and O–H groups in total. The van der Waals surface area contributed by atoms with Crippen LogP contribution in [0.5, 0.6) is 0 Å². The lowest BCUT2D eigenvalue weighted by molar-refractivity contribution is 0.0104. The van der Waals surface area contributed by atoms with E-state index in [1.54, 1.807) is 0 Å². The van der Waals surface area contributed by atoms with Gasteiger partial charge in [0.25, 0.3) is 0 Å². The summed E-state index contributed by atoms with van der Waals surface area (Å²) in [6, 6.07) is 7.50. The molecule has 0 radical (unpaired) electrons. The number of fused-ring (bicyclic) bond motifs is 3. The van der Waals surface area contributed by atoms with Gasteiger partial charge in [-0.15, -0.1) is 11.3 Å². The van der Waals surface area contributed by atoms with E-state index in [2.05, 4.69) is 42.4 Å². The molecular weight excluding hydrogens is 314 g/mol. The predicted molar refractivity (Wildman–Crippen MR) is 101 cm³/mol. The number of nitrogens with one attached hydrogen (secondary N) is 1. The highest BCUT2D eigenvalue weighted by Gasteiger charge is 2.51. The van der Waals surface area contributed by atoms with Crippen molar-refractivity contribution in [2.24, 2.45) is 11.8 Å². The van der Waals surface area contributed by atoms with Gasteiger partial charge in [0.2, 0.25) is 0 Å². The number of benzene rings is 1. The maximum Gasteiger partial charge on any atom is 0.101 e. The van der Waals surface area contributed by atoms with Gasteiger partial charge < -0.3 is 10.2 Å². The van der Waals surface area contributed by atoms with E-state index in [4.69, 9.17) is 4.98 Å². The minimum Gasteiger partial charge on any atom is -0.310 e. The summed E-state index contributed by atoms with van der Waals surface area (Å²) in [7, 11) is 2.27. The highest BCUT2D eigenvalue weighted by molar-refractivity contribution is 7.18. The highest BCUT2D eigenvalue weighted by Crippen LogP contribution is 2.53. The molecule has 128 valence electrons. The maximum absolute atomic E-state index is 5.12. The highest BCUT2D eigenvalue weighted by atomic mass is 32.1. The van der Waals surface area contributed by atoms with Gasteiger partial charge in [-0.2, -0.15) is 0 Å². The van der Waals surface area contributed by atoms with Gasteiger partial charge in [0.15, 0.2) is 0 Å². The van der Waals surface area contributed by atoms with Gasteiger partial charge in [0.05, 0.1) is 10.2 Å². The van der Waals surface area contributed by atoms with Crippen molar-refractivity contribution in [2.45, 2.75) is 44.1 Å². The molecule has 4 aliphatic rings. The minimum atomic E-state index is 0.361. The second-order valence-corrected chi connectivity index (χ2v) is 9.67. The zero-order valence-corrected chi connectivity index (χ0v) is 15.5. The van der Waals surface area contributed by atoms with Crippen LogP contribution in [0, 0.1) is 11.8 Å². The van der Waals surface area contributed by atoms with Crippen molar-refractivity contribution in [3.8, 4) is 0 Å². The van der Waals surface area contributed by atoms with Crippen LogP contribution in [0.4, 0.5) is 0 Å². The third-order valence-corrected chi connectivity index (χ3v) is 7.71. The topological polar surface area (TPSA) is 28.2 Å². The molecule has 4 fully saturated rings. The Morgan fingerprint density at radius 1 is 1.29 bits per heavy atom. The van der Waals surface area contributed by atoms with Crippen molar-refractivity contribution >= 4 is 21.6 Å². The molecule has 4 heteroatoms. The summed E-state index contributed by atoms with van der Waals surface area (Å²) in [4.78, 5) is 7.62. The molecular formula is C20H27N3S. The van der Waals surface area contributed by atoms with Crippen molar-refractivity contribution < 1.29 is 0 Å². The van der Waals surface area contributed by atoms with Crippen LogP contribution in [-0.2, 0) is 5.41 Å². The Morgan fingerprint density at radius 2 is 2.17 bits per heavy atom. The third-order valence-electron chi connectivity index (χ3n) is 6.43. The summed E-state index contributed by atoms with van der Waals surface area (Å²) in [5.74, 6) is 1.71. The fourth-order valence-corrected chi connectivity index (χ4v) is 6.38. The monoisotopic (exact) mass is 341 g/mol. The first kappa shape index (κ1) is 15.3. The first-order valence-electron chi connectivity index (χ1n) is 9.44. The van der Waals surface area contributed by atoms with Crippen molar-refractivity contribution in [2.75, 3.05) is 26.7 Å². The van der Waals surface area contributed by atoms with E-state index in [0.717, 1.165) is 18.4 Å². The van der Waals surface area contributed by atoms with E-state index in [0.29, 0.717) is 11.5 Å². The smallest absolute Gasteiger partial charge is 0.101 e. The van der Waals surface area contributed by atoms with Crippen LogP contribution < -0.4 is 5.32 Å². The van der Waals surface area contributed by atoms with Crippen LogP contribution in [0.2, 0.25) is 0 Å². The SMILES string of the molecule is C[C@H]1CC[C@H](c2ccc3sc(C45CC(CN(C)C4)C5)nc3c2)NC1. The van der Waals surface area contributed by atoms with Crippen LogP contribution >= 0.6 is 11.3 Å². The molecule has 2 aromatic rings. The summed E-state index contributed by atoms with van der Waals surface area (Å²) in [5.41, 5.74) is 3.01. The average Bonchev–Trinajstić information content (AvgIpc) is 2.97. The Balaban J connectivity index is 1.44. The Morgan fingerprint density at radius 3 is 2.92 bits per heavy atom. The Hall–Kier alpha value is -0.970. The molecule has 3 aliphatic heterocycles. The second-order valence-electron chi connectivity index (χ2n) is 8.64. The van der Waals surface area contributed by atoms with Gasteiger partial charge in [0.1, 0.15) is 5.01 Å². The van der Waals surface area contributed by atoms with Crippen LogP contribution in [0.15, 0.2) is 18.2 Å². The Bertz CT molecular complexity index is 753. The van der Waals surface area contributed by atoms with Gasteiger partial charge in [-0.3, -0.25) is 0 Å². The molecule has 1 aliphatic carbocycles. The molecule has 1 saturated carbocycles. The van der Waals surface area contributed by atoms with Crippen molar-refractivity contribution in [1.29, 1.82) is 0 Å². The molecule has 2 atom stereocenters. The molecule has 4 heterocycles. The second kappa shape index (κ2) is 5.52. The predicted octanol–water partition coefficient (Wildman–Crippen LogP) is 3.95. The standard InChI is InChI=1S/C20H27N3S/c1-13-3-5-16(21-10-13)15-4-6-18-17(7-15)22-19(24-18)20-8-14(9-20)11-23(2)12-20/h4,6-7,13-14,16,21H,3,5,8-12H2,1-2H3/t13-,14?,16+,20?/m0/s1. The molecule has 3 nitrogen and oxygen atoms in total. The van der Waals surface area contributed by atoms with E-state index >= 15 is 0 Å². The third kappa shape index (κ3) is 2.42. The maximum atomic E-state index is 5.12. The quantitative estimate of drug-likeness (QED) is 0.896. The number of hydrogen-bond donors (Lipinski definition) is 1. The normalized spacial score (nSPS) is 36.7. The largest absolute Gasteiger partial charge is 0.310 e. The molecule has 6 rings (SSSR count). The number of hydrogen-bond acceptors (Lipinski definition) is 4. The molecule has 2 bridgehead atoms. The first-order valence-corrected chi connectivity index (χ1v) is 10.3. The van der Waals surface area contributed by atoms with E-state index < -0.39 is 0 Å². The van der Waals surface area contributed by atoms with E-state index in [1.165, 1.54) is 59.6 Å². The molecule has 24 heavy (non-hydrogen) atoms. The molecule has 1 aromatic carbocycles. The Labute approximate surface area is 148 Å². The van der Waals surface area contributed by atoms with Gasteiger partial charge >= 0.3 is 0 Å². The van der Waals surface area contributed by atoms with Crippen molar-refractivity contribution in [1.82, 2.24) is 15.2 Å². The van der Waals surface area contributed by atoms with Gasteiger partial charge in [-0.1, -0.05) is 13.0 Å². The zero-order valence-electron chi connectivity index (χ0n) is 14.7. The number of rotatable bonds is 2. The lowest BCUT2D eigenvalue weighted by Crippen LogP contribution is -2.57. The Kier molecular flexibility index (Phi) is 3.52. The summed E-state index contributed by atoms with van der Waals surface area (Å²) in [5, 5.41) is 5.10. The molecule has 0 amide bonds. The van der Waals surface area contributed by atoms with E-state index in [-0.39, 0.29) is 0 Å². The first-order chi connectivity index (χ1) is 11.6. The lowest BCUT2D eigenvalue weighted by atomic mass is 9.59. The van der Waals surface area contributed by atoms with Crippen molar-refractivity contribution in [3.63, 3.8) is 0 Å².